The second-order valence-electron chi connectivity index (χ2n) is 10.8. The molecule has 0 bridgehead atoms. The topological polar surface area (TPSA) is 104 Å². The molecule has 208 valence electrons. The van der Waals surface area contributed by atoms with E-state index < -0.39 is 35.9 Å². The predicted octanol–water partition coefficient (Wildman–Crippen LogP) is 4.64. The molecule has 2 aliphatic heterocycles. The highest BCUT2D eigenvalue weighted by Crippen LogP contribution is 2.44. The van der Waals surface area contributed by atoms with Gasteiger partial charge < -0.3 is 24.6 Å². The van der Waals surface area contributed by atoms with Crippen molar-refractivity contribution in [2.75, 3.05) is 11.9 Å². The molecule has 9 nitrogen and oxygen atoms in total. The van der Waals surface area contributed by atoms with Gasteiger partial charge in [0.15, 0.2) is 17.7 Å². The lowest BCUT2D eigenvalue weighted by molar-refractivity contribution is -0.201. The van der Waals surface area contributed by atoms with Gasteiger partial charge in [0.25, 0.3) is 0 Å². The molecule has 0 spiro atoms. The molecule has 9 heteroatoms. The third-order valence-electron chi connectivity index (χ3n) is 7.86. The Labute approximate surface area is 237 Å². The third-order valence-corrected chi connectivity index (χ3v) is 7.86. The molecule has 3 aromatic carbocycles. The Balaban J connectivity index is 1.37. The van der Waals surface area contributed by atoms with Crippen molar-refractivity contribution in [3.63, 3.8) is 0 Å². The molecular formula is C32H31N5O4. The van der Waals surface area contributed by atoms with Gasteiger partial charge >= 0.3 is 0 Å². The summed E-state index contributed by atoms with van der Waals surface area (Å²) in [5.41, 5.74) is 2.99. The minimum Gasteiger partial charge on any atom is -0.394 e. The number of aromatic nitrogens is 4. The van der Waals surface area contributed by atoms with Crippen LogP contribution in [0.15, 0.2) is 104 Å². The Bertz CT molecular complexity index is 1550. The van der Waals surface area contributed by atoms with E-state index in [-0.39, 0.29) is 6.61 Å². The molecule has 2 N–H and O–H groups in total. The average molecular weight is 550 g/mol. The van der Waals surface area contributed by atoms with Crippen molar-refractivity contribution in [3.8, 4) is 0 Å². The van der Waals surface area contributed by atoms with Gasteiger partial charge in [0.2, 0.25) is 0 Å². The first-order valence-corrected chi connectivity index (χ1v) is 13.7. The standard InChI is InChI=1S/C32H31N5O4/c1-31(2)40-26-25(19-38)39-30(27(26)41-31)37-29-24(18-35-37)28(33-20-34-29)36-32(21-12-6-3-7-13-21,22-14-8-4-9-15-22)23-16-10-5-11-17-23/h3-18,20,25-27,30,38H,19H2,1-2H3,(H,33,34,36)/t25-,26-,27-,30-/m1/s1. The number of rotatable bonds is 7. The fraction of sp³-hybridized carbons (Fsp3) is 0.281. The van der Waals surface area contributed by atoms with Crippen LogP contribution in [0.5, 0.6) is 0 Å². The van der Waals surface area contributed by atoms with Gasteiger partial charge in [-0.25, -0.2) is 14.6 Å². The zero-order chi connectivity index (χ0) is 28.0. The van der Waals surface area contributed by atoms with Crippen molar-refractivity contribution in [3.05, 3.63) is 120 Å². The zero-order valence-electron chi connectivity index (χ0n) is 22.8. The normalized spacial score (nSPS) is 23.5. The van der Waals surface area contributed by atoms with Crippen LogP contribution in [0.2, 0.25) is 0 Å². The number of aliphatic hydroxyl groups excluding tert-OH is 1. The summed E-state index contributed by atoms with van der Waals surface area (Å²) in [6.07, 6.45) is 1.25. The van der Waals surface area contributed by atoms with Crippen molar-refractivity contribution in [1.82, 2.24) is 19.7 Å². The van der Waals surface area contributed by atoms with Gasteiger partial charge in [-0.15, -0.1) is 0 Å². The molecule has 2 aromatic heterocycles. The minimum atomic E-state index is -0.796. The number of ether oxygens (including phenoxy) is 3. The maximum Gasteiger partial charge on any atom is 0.181 e. The molecule has 0 amide bonds. The van der Waals surface area contributed by atoms with E-state index in [0.717, 1.165) is 22.1 Å². The van der Waals surface area contributed by atoms with E-state index in [0.29, 0.717) is 11.5 Å². The molecule has 0 radical (unpaired) electrons. The van der Waals surface area contributed by atoms with Gasteiger partial charge in [0.1, 0.15) is 36.0 Å². The number of fused-ring (bicyclic) bond motifs is 2. The number of hydrogen-bond donors (Lipinski definition) is 2. The molecular weight excluding hydrogens is 518 g/mol. The van der Waals surface area contributed by atoms with Crippen LogP contribution in [-0.4, -0.2) is 55.6 Å². The van der Waals surface area contributed by atoms with Gasteiger partial charge in [-0.05, 0) is 30.5 Å². The number of benzene rings is 3. The van der Waals surface area contributed by atoms with E-state index in [9.17, 15) is 5.11 Å². The molecule has 2 aliphatic rings. The summed E-state index contributed by atoms with van der Waals surface area (Å²) in [7, 11) is 0. The first-order chi connectivity index (χ1) is 20.0. The molecule has 2 saturated heterocycles. The molecule has 4 atom stereocenters. The van der Waals surface area contributed by atoms with Crippen molar-refractivity contribution in [2.45, 2.75) is 49.7 Å². The second-order valence-corrected chi connectivity index (χ2v) is 10.8. The van der Waals surface area contributed by atoms with E-state index in [4.69, 9.17) is 24.3 Å². The monoisotopic (exact) mass is 549 g/mol. The first-order valence-electron chi connectivity index (χ1n) is 13.7. The van der Waals surface area contributed by atoms with E-state index in [1.54, 1.807) is 10.9 Å². The van der Waals surface area contributed by atoms with Crippen LogP contribution >= 0.6 is 0 Å². The predicted molar refractivity (Wildman–Crippen MR) is 153 cm³/mol. The number of hydrogen-bond acceptors (Lipinski definition) is 8. The number of anilines is 1. The second kappa shape index (κ2) is 10.0. The zero-order valence-corrected chi connectivity index (χ0v) is 22.8. The van der Waals surface area contributed by atoms with Gasteiger partial charge in [-0.2, -0.15) is 5.10 Å². The van der Waals surface area contributed by atoms with Gasteiger partial charge in [0.05, 0.1) is 18.2 Å². The maximum atomic E-state index is 9.98. The molecule has 0 saturated carbocycles. The van der Waals surface area contributed by atoms with Gasteiger partial charge in [-0.1, -0.05) is 91.0 Å². The Morgan fingerprint density at radius 1 is 0.829 bits per heavy atom. The average Bonchev–Trinajstić information content (AvgIpc) is 3.68. The summed E-state index contributed by atoms with van der Waals surface area (Å²) in [6, 6.07) is 31.0. The van der Waals surface area contributed by atoms with E-state index in [1.165, 1.54) is 6.33 Å². The summed E-state index contributed by atoms with van der Waals surface area (Å²) in [5.74, 6) is -0.175. The van der Waals surface area contributed by atoms with Crippen molar-refractivity contribution in [2.24, 2.45) is 0 Å². The summed E-state index contributed by atoms with van der Waals surface area (Å²) in [4.78, 5) is 9.32. The van der Waals surface area contributed by atoms with Crippen LogP contribution < -0.4 is 5.32 Å². The smallest absolute Gasteiger partial charge is 0.181 e. The molecule has 7 rings (SSSR count). The van der Waals surface area contributed by atoms with E-state index >= 15 is 0 Å². The lowest BCUT2D eigenvalue weighted by Crippen LogP contribution is -2.38. The Morgan fingerprint density at radius 3 is 1.95 bits per heavy atom. The lowest BCUT2D eigenvalue weighted by Gasteiger charge is -2.37. The summed E-state index contributed by atoms with van der Waals surface area (Å²) < 4.78 is 20.2. The Morgan fingerprint density at radius 2 is 1.39 bits per heavy atom. The summed E-state index contributed by atoms with van der Waals surface area (Å²) >= 11 is 0. The summed E-state index contributed by atoms with van der Waals surface area (Å²) in [6.45, 7) is 3.53. The van der Waals surface area contributed by atoms with E-state index in [2.05, 4.69) is 46.7 Å². The molecule has 5 aromatic rings. The van der Waals surface area contributed by atoms with Crippen molar-refractivity contribution >= 4 is 16.9 Å². The summed E-state index contributed by atoms with van der Waals surface area (Å²) in [5, 5.41) is 19.2. The van der Waals surface area contributed by atoms with Crippen LogP contribution in [0, 0.1) is 0 Å². The van der Waals surface area contributed by atoms with E-state index in [1.807, 2.05) is 68.4 Å². The fourth-order valence-electron chi connectivity index (χ4n) is 6.11. The Kier molecular flexibility index (Phi) is 6.32. The molecule has 2 fully saturated rings. The molecule has 0 aliphatic carbocycles. The van der Waals surface area contributed by atoms with Crippen LogP contribution in [0.3, 0.4) is 0 Å². The van der Waals surface area contributed by atoms with Crippen molar-refractivity contribution < 1.29 is 19.3 Å². The van der Waals surface area contributed by atoms with Crippen molar-refractivity contribution in [1.29, 1.82) is 0 Å². The lowest BCUT2D eigenvalue weighted by atomic mass is 9.77. The largest absolute Gasteiger partial charge is 0.394 e. The number of aliphatic hydroxyl groups is 1. The van der Waals surface area contributed by atoms with Crippen LogP contribution in [0.1, 0.15) is 36.8 Å². The number of nitrogens with one attached hydrogen (secondary N) is 1. The SMILES string of the molecule is CC1(C)O[C@@H]2[C@H](O1)[C@@H](CO)O[C@H]2n1ncc2c(NC(c3ccccc3)(c3ccccc3)c3ccccc3)ncnc21. The Hall–Kier alpha value is -4.15. The fourth-order valence-corrected chi connectivity index (χ4v) is 6.11. The highest BCUT2D eigenvalue weighted by molar-refractivity contribution is 5.87. The maximum absolute atomic E-state index is 9.98. The third kappa shape index (κ3) is 4.29. The highest BCUT2D eigenvalue weighted by Gasteiger charge is 2.56. The van der Waals surface area contributed by atoms with Gasteiger partial charge in [-0.3, -0.25) is 0 Å². The number of nitrogens with zero attached hydrogens (tertiary/aromatic N) is 4. The van der Waals surface area contributed by atoms with Crippen LogP contribution in [0.25, 0.3) is 11.0 Å². The minimum absolute atomic E-state index is 0.189. The molecule has 41 heavy (non-hydrogen) atoms. The molecule has 0 unspecified atom stereocenters. The first kappa shape index (κ1) is 25.8. The van der Waals surface area contributed by atoms with Gasteiger partial charge in [0, 0.05) is 0 Å². The van der Waals surface area contributed by atoms with Crippen LogP contribution in [-0.2, 0) is 19.7 Å². The van der Waals surface area contributed by atoms with Crippen LogP contribution in [0.4, 0.5) is 5.82 Å². The molecule has 4 heterocycles. The quantitative estimate of drug-likeness (QED) is 0.283. The highest BCUT2D eigenvalue weighted by atomic mass is 16.8.